The standard InChI is InChI=1S/C12H9BrFN3O2/c1-19-12(18)8-5-15-6-16-11(8)17-10-3-2-7(14)4-9(10)13/h2-6H,1H3,(H,15,16,17). The van der Waals surface area contributed by atoms with E-state index in [2.05, 4.69) is 36.0 Å². The molecule has 0 spiro atoms. The molecule has 98 valence electrons. The van der Waals surface area contributed by atoms with Crippen LogP contribution in [0.5, 0.6) is 0 Å². The lowest BCUT2D eigenvalue weighted by Gasteiger charge is -2.10. The molecule has 0 saturated carbocycles. The van der Waals surface area contributed by atoms with E-state index in [0.717, 1.165) is 0 Å². The highest BCUT2D eigenvalue weighted by Gasteiger charge is 2.14. The lowest BCUT2D eigenvalue weighted by Crippen LogP contribution is -2.08. The van der Waals surface area contributed by atoms with Gasteiger partial charge in [0, 0.05) is 10.7 Å². The zero-order valence-electron chi connectivity index (χ0n) is 9.85. The third-order valence-corrected chi connectivity index (χ3v) is 2.96. The summed E-state index contributed by atoms with van der Waals surface area (Å²) >= 11 is 3.22. The number of nitrogens with one attached hydrogen (secondary N) is 1. The van der Waals surface area contributed by atoms with E-state index in [4.69, 9.17) is 0 Å². The van der Waals surface area contributed by atoms with E-state index >= 15 is 0 Å². The Morgan fingerprint density at radius 2 is 2.26 bits per heavy atom. The van der Waals surface area contributed by atoms with Crippen molar-refractivity contribution in [3.63, 3.8) is 0 Å². The van der Waals surface area contributed by atoms with Gasteiger partial charge in [0.15, 0.2) is 0 Å². The largest absolute Gasteiger partial charge is 0.465 e. The van der Waals surface area contributed by atoms with Gasteiger partial charge in [-0.25, -0.2) is 19.2 Å². The maximum absolute atomic E-state index is 13.0. The van der Waals surface area contributed by atoms with Crippen molar-refractivity contribution in [1.82, 2.24) is 9.97 Å². The summed E-state index contributed by atoms with van der Waals surface area (Å²) in [6.07, 6.45) is 2.64. The number of anilines is 2. The van der Waals surface area contributed by atoms with E-state index in [0.29, 0.717) is 10.2 Å². The van der Waals surface area contributed by atoms with Crippen molar-refractivity contribution in [2.24, 2.45) is 0 Å². The number of carbonyl (C=O) groups excluding carboxylic acids is 1. The van der Waals surface area contributed by atoms with Gasteiger partial charge in [0.05, 0.1) is 12.8 Å². The van der Waals surface area contributed by atoms with Crippen LogP contribution in [-0.2, 0) is 4.74 Å². The van der Waals surface area contributed by atoms with E-state index in [9.17, 15) is 9.18 Å². The van der Waals surface area contributed by atoms with Gasteiger partial charge in [0.2, 0.25) is 0 Å². The first-order chi connectivity index (χ1) is 9.11. The first-order valence-corrected chi connectivity index (χ1v) is 6.01. The number of hydrogen-bond acceptors (Lipinski definition) is 5. The number of esters is 1. The molecule has 0 fully saturated rings. The molecule has 2 aromatic rings. The van der Waals surface area contributed by atoms with Crippen LogP contribution in [0.1, 0.15) is 10.4 Å². The van der Waals surface area contributed by atoms with Gasteiger partial charge in [-0.05, 0) is 34.1 Å². The average molecular weight is 326 g/mol. The number of carbonyl (C=O) groups is 1. The molecular formula is C12H9BrFN3O2. The topological polar surface area (TPSA) is 64.1 Å². The van der Waals surface area contributed by atoms with Crippen molar-refractivity contribution in [3.05, 3.63) is 46.6 Å². The monoisotopic (exact) mass is 325 g/mol. The highest BCUT2D eigenvalue weighted by atomic mass is 79.9. The predicted octanol–water partition coefficient (Wildman–Crippen LogP) is 2.91. The minimum absolute atomic E-state index is 0.196. The van der Waals surface area contributed by atoms with Crippen molar-refractivity contribution in [1.29, 1.82) is 0 Å². The number of nitrogens with zero attached hydrogens (tertiary/aromatic N) is 2. The molecule has 7 heteroatoms. The summed E-state index contributed by atoms with van der Waals surface area (Å²) < 4.78 is 18.1. The van der Waals surface area contributed by atoms with Crippen molar-refractivity contribution in [3.8, 4) is 0 Å². The molecule has 5 nitrogen and oxygen atoms in total. The number of methoxy groups -OCH3 is 1. The predicted molar refractivity (Wildman–Crippen MR) is 70.8 cm³/mol. The van der Waals surface area contributed by atoms with Gasteiger partial charge in [-0.1, -0.05) is 0 Å². The molecule has 1 aromatic carbocycles. The highest BCUT2D eigenvalue weighted by Crippen LogP contribution is 2.27. The Morgan fingerprint density at radius 1 is 1.47 bits per heavy atom. The fraction of sp³-hybridized carbons (Fsp3) is 0.0833. The van der Waals surface area contributed by atoms with Crippen LogP contribution in [0.3, 0.4) is 0 Å². The third-order valence-electron chi connectivity index (χ3n) is 2.30. The second-order valence-corrected chi connectivity index (χ2v) is 4.38. The van der Waals surface area contributed by atoms with Gasteiger partial charge < -0.3 is 10.1 Å². The molecule has 0 aliphatic rings. The summed E-state index contributed by atoms with van der Waals surface area (Å²) in [6.45, 7) is 0. The quantitative estimate of drug-likeness (QED) is 0.879. The Morgan fingerprint density at radius 3 is 2.95 bits per heavy atom. The van der Waals surface area contributed by atoms with E-state index < -0.39 is 5.97 Å². The maximum atomic E-state index is 13.0. The summed E-state index contributed by atoms with van der Waals surface area (Å²) in [7, 11) is 1.27. The first kappa shape index (κ1) is 13.4. The molecule has 19 heavy (non-hydrogen) atoms. The Balaban J connectivity index is 2.35. The van der Waals surface area contributed by atoms with Gasteiger partial charge >= 0.3 is 5.97 Å². The Labute approximate surface area is 117 Å². The fourth-order valence-corrected chi connectivity index (χ4v) is 1.86. The van der Waals surface area contributed by atoms with Crippen molar-refractivity contribution >= 4 is 33.4 Å². The van der Waals surface area contributed by atoms with E-state index in [1.165, 1.54) is 37.8 Å². The summed E-state index contributed by atoms with van der Waals surface area (Å²) in [5.41, 5.74) is 0.770. The molecule has 0 radical (unpaired) electrons. The maximum Gasteiger partial charge on any atom is 0.343 e. The Hall–Kier alpha value is -2.02. The molecule has 0 bridgehead atoms. The number of hydrogen-bond donors (Lipinski definition) is 1. The molecule has 2 rings (SSSR count). The summed E-state index contributed by atoms with van der Waals surface area (Å²) in [5, 5.41) is 2.92. The first-order valence-electron chi connectivity index (χ1n) is 5.22. The SMILES string of the molecule is COC(=O)c1cncnc1Nc1ccc(F)cc1Br. The molecule has 0 aliphatic heterocycles. The van der Waals surface area contributed by atoms with Gasteiger partial charge in [0.1, 0.15) is 23.5 Å². The molecular weight excluding hydrogens is 317 g/mol. The minimum atomic E-state index is -0.554. The Bertz CT molecular complexity index is 622. The molecule has 0 saturated heterocycles. The molecule has 1 heterocycles. The number of aromatic nitrogens is 2. The van der Waals surface area contributed by atoms with Gasteiger partial charge in [-0.3, -0.25) is 0 Å². The van der Waals surface area contributed by atoms with Crippen LogP contribution >= 0.6 is 15.9 Å². The lowest BCUT2D eigenvalue weighted by atomic mass is 10.2. The smallest absolute Gasteiger partial charge is 0.343 e. The molecule has 1 aromatic heterocycles. The van der Waals surface area contributed by atoms with Gasteiger partial charge in [-0.15, -0.1) is 0 Å². The third kappa shape index (κ3) is 3.05. The zero-order chi connectivity index (χ0) is 13.8. The zero-order valence-corrected chi connectivity index (χ0v) is 11.4. The van der Waals surface area contributed by atoms with Crippen molar-refractivity contribution in [2.75, 3.05) is 12.4 Å². The number of benzene rings is 1. The van der Waals surface area contributed by atoms with Crippen molar-refractivity contribution < 1.29 is 13.9 Å². The van der Waals surface area contributed by atoms with Gasteiger partial charge in [-0.2, -0.15) is 0 Å². The number of rotatable bonds is 3. The average Bonchev–Trinajstić information content (AvgIpc) is 2.41. The van der Waals surface area contributed by atoms with E-state index in [1.807, 2.05) is 0 Å². The summed E-state index contributed by atoms with van der Waals surface area (Å²) in [5.74, 6) is -0.635. The number of ether oxygens (including phenoxy) is 1. The normalized spacial score (nSPS) is 10.1. The van der Waals surface area contributed by atoms with Crippen molar-refractivity contribution in [2.45, 2.75) is 0 Å². The number of halogens is 2. The van der Waals surface area contributed by atoms with Crippen LogP contribution in [-0.4, -0.2) is 23.0 Å². The highest BCUT2D eigenvalue weighted by molar-refractivity contribution is 9.10. The summed E-state index contributed by atoms with van der Waals surface area (Å²) in [6, 6.07) is 4.13. The summed E-state index contributed by atoms with van der Waals surface area (Å²) in [4.78, 5) is 19.3. The fourth-order valence-electron chi connectivity index (χ4n) is 1.41. The lowest BCUT2D eigenvalue weighted by molar-refractivity contribution is 0.0601. The van der Waals surface area contributed by atoms with Crippen LogP contribution in [0.25, 0.3) is 0 Å². The molecule has 0 atom stereocenters. The molecule has 1 N–H and O–H groups in total. The van der Waals surface area contributed by atoms with Gasteiger partial charge in [0.25, 0.3) is 0 Å². The van der Waals surface area contributed by atoms with Crippen LogP contribution in [0.2, 0.25) is 0 Å². The second-order valence-electron chi connectivity index (χ2n) is 3.53. The molecule has 0 amide bonds. The second kappa shape index (κ2) is 5.75. The van der Waals surface area contributed by atoms with Crippen LogP contribution in [0, 0.1) is 5.82 Å². The van der Waals surface area contributed by atoms with E-state index in [1.54, 1.807) is 0 Å². The van der Waals surface area contributed by atoms with Crippen LogP contribution in [0.15, 0.2) is 35.2 Å². The van der Waals surface area contributed by atoms with E-state index in [-0.39, 0.29) is 17.2 Å². The van der Waals surface area contributed by atoms with Crippen LogP contribution < -0.4 is 5.32 Å². The minimum Gasteiger partial charge on any atom is -0.465 e. The molecule has 0 unspecified atom stereocenters. The Kier molecular flexibility index (Phi) is 4.06. The molecule has 0 aliphatic carbocycles. The van der Waals surface area contributed by atoms with Crippen LogP contribution in [0.4, 0.5) is 15.9 Å².